The molecule has 5 nitrogen and oxygen atoms in total. The molecule has 0 unspecified atom stereocenters. The third kappa shape index (κ3) is 4.31. The van der Waals surface area contributed by atoms with Crippen LogP contribution in [0.4, 0.5) is 5.69 Å². The Labute approximate surface area is 127 Å². The molecule has 0 radical (unpaired) electrons. The normalized spacial score (nSPS) is 13.6. The molecule has 1 aromatic carbocycles. The highest BCUT2D eigenvalue weighted by Crippen LogP contribution is 2.19. The van der Waals surface area contributed by atoms with Gasteiger partial charge in [0.2, 0.25) is 11.8 Å². The molecule has 1 aromatic rings. The third-order valence-electron chi connectivity index (χ3n) is 3.33. The van der Waals surface area contributed by atoms with Crippen LogP contribution in [-0.4, -0.2) is 23.9 Å². The van der Waals surface area contributed by atoms with Crippen molar-refractivity contribution in [2.45, 2.75) is 32.7 Å². The largest absolute Gasteiger partial charge is 0.368 e. The molecule has 4 N–H and O–H groups in total. The average Bonchev–Trinajstić information content (AvgIpc) is 2.40. The first-order chi connectivity index (χ1) is 9.28. The van der Waals surface area contributed by atoms with Crippen molar-refractivity contribution in [1.29, 1.82) is 0 Å². The van der Waals surface area contributed by atoms with Gasteiger partial charge in [-0.3, -0.25) is 14.9 Å². The Bertz CT molecular complexity index is 519. The molecule has 0 heterocycles. The van der Waals surface area contributed by atoms with E-state index in [-0.39, 0.29) is 12.5 Å². The van der Waals surface area contributed by atoms with Gasteiger partial charge in [-0.25, -0.2) is 0 Å². The summed E-state index contributed by atoms with van der Waals surface area (Å²) in [6.45, 7) is 5.50. The topological polar surface area (TPSA) is 84.2 Å². The van der Waals surface area contributed by atoms with Gasteiger partial charge in [-0.1, -0.05) is 22.9 Å². The fourth-order valence-electron chi connectivity index (χ4n) is 1.59. The second-order valence-corrected chi connectivity index (χ2v) is 5.77. The Balaban J connectivity index is 2.60. The first-order valence-electron chi connectivity index (χ1n) is 6.39. The number of anilines is 1. The molecule has 110 valence electrons. The molecule has 2 amide bonds. The van der Waals surface area contributed by atoms with Gasteiger partial charge >= 0.3 is 0 Å². The molecule has 6 heteroatoms. The average molecular weight is 342 g/mol. The number of halogens is 1. The Kier molecular flexibility index (Phi) is 5.71. The second kappa shape index (κ2) is 6.85. The van der Waals surface area contributed by atoms with E-state index >= 15 is 0 Å². The van der Waals surface area contributed by atoms with Crippen LogP contribution in [-0.2, 0) is 9.59 Å². The van der Waals surface area contributed by atoms with Crippen LogP contribution < -0.4 is 16.4 Å². The van der Waals surface area contributed by atoms with Gasteiger partial charge < -0.3 is 11.1 Å². The van der Waals surface area contributed by atoms with Crippen LogP contribution in [0.1, 0.15) is 25.8 Å². The van der Waals surface area contributed by atoms with Crippen LogP contribution in [0.25, 0.3) is 0 Å². The standard InChI is InChI=1S/C14H20BrN3O2/c1-4-14(3,13(16)20)17-8-12(19)18-10-5-6-11(15)9(2)7-10/h5-7,17H,4,8H2,1-3H3,(H2,16,20)(H,18,19)/t14-/m1/s1. The van der Waals surface area contributed by atoms with Crippen LogP contribution >= 0.6 is 15.9 Å². The summed E-state index contributed by atoms with van der Waals surface area (Å²) in [5, 5.41) is 5.67. The lowest BCUT2D eigenvalue weighted by Gasteiger charge is -2.25. The van der Waals surface area contributed by atoms with Crippen molar-refractivity contribution in [2.75, 3.05) is 11.9 Å². The first-order valence-corrected chi connectivity index (χ1v) is 7.18. The Morgan fingerprint density at radius 1 is 1.40 bits per heavy atom. The number of rotatable bonds is 6. The van der Waals surface area contributed by atoms with Crippen LogP contribution in [0.15, 0.2) is 22.7 Å². The Morgan fingerprint density at radius 2 is 2.05 bits per heavy atom. The summed E-state index contributed by atoms with van der Waals surface area (Å²) in [5.74, 6) is -0.681. The molecule has 0 fully saturated rings. The number of amides is 2. The van der Waals surface area contributed by atoms with E-state index in [2.05, 4.69) is 26.6 Å². The van der Waals surface area contributed by atoms with Crippen molar-refractivity contribution in [3.63, 3.8) is 0 Å². The fourth-order valence-corrected chi connectivity index (χ4v) is 1.84. The molecule has 1 rings (SSSR count). The van der Waals surface area contributed by atoms with Gasteiger partial charge in [0.25, 0.3) is 0 Å². The SMILES string of the molecule is CC[C@@](C)(NCC(=O)Nc1ccc(Br)c(C)c1)C(N)=O. The highest BCUT2D eigenvalue weighted by atomic mass is 79.9. The quantitative estimate of drug-likeness (QED) is 0.739. The van der Waals surface area contributed by atoms with Crippen molar-refractivity contribution in [1.82, 2.24) is 5.32 Å². The number of carbonyl (C=O) groups excluding carboxylic acids is 2. The zero-order valence-electron chi connectivity index (χ0n) is 11.9. The maximum absolute atomic E-state index is 11.9. The summed E-state index contributed by atoms with van der Waals surface area (Å²) in [4.78, 5) is 23.2. The molecule has 0 saturated heterocycles. The number of primary amides is 1. The van der Waals surface area contributed by atoms with Gasteiger partial charge in [0.05, 0.1) is 12.1 Å². The van der Waals surface area contributed by atoms with E-state index < -0.39 is 11.4 Å². The van der Waals surface area contributed by atoms with E-state index in [1.807, 2.05) is 32.0 Å². The lowest BCUT2D eigenvalue weighted by Crippen LogP contribution is -2.54. The summed E-state index contributed by atoms with van der Waals surface area (Å²) in [6.07, 6.45) is 0.521. The van der Waals surface area contributed by atoms with Gasteiger partial charge in [-0.2, -0.15) is 0 Å². The molecule has 0 aliphatic carbocycles. The molecule has 0 spiro atoms. The van der Waals surface area contributed by atoms with Crippen LogP contribution in [0.5, 0.6) is 0 Å². The number of nitrogens with one attached hydrogen (secondary N) is 2. The maximum Gasteiger partial charge on any atom is 0.238 e. The van der Waals surface area contributed by atoms with E-state index in [0.717, 1.165) is 15.7 Å². The summed E-state index contributed by atoms with van der Waals surface area (Å²) in [6, 6.07) is 5.55. The summed E-state index contributed by atoms with van der Waals surface area (Å²) < 4.78 is 0.987. The minimum atomic E-state index is -0.868. The number of aryl methyl sites for hydroxylation is 1. The molecule has 0 saturated carbocycles. The Morgan fingerprint density at radius 3 is 2.55 bits per heavy atom. The van der Waals surface area contributed by atoms with E-state index in [1.165, 1.54) is 0 Å². The van der Waals surface area contributed by atoms with Crippen molar-refractivity contribution in [3.8, 4) is 0 Å². The van der Waals surface area contributed by atoms with Crippen LogP contribution in [0, 0.1) is 6.92 Å². The van der Waals surface area contributed by atoms with Gasteiger partial charge in [-0.05, 0) is 44.0 Å². The van der Waals surface area contributed by atoms with Crippen molar-refractivity contribution < 1.29 is 9.59 Å². The van der Waals surface area contributed by atoms with Crippen molar-refractivity contribution in [2.24, 2.45) is 5.73 Å². The number of benzene rings is 1. The second-order valence-electron chi connectivity index (χ2n) is 4.92. The lowest BCUT2D eigenvalue weighted by atomic mass is 9.98. The highest BCUT2D eigenvalue weighted by Gasteiger charge is 2.28. The highest BCUT2D eigenvalue weighted by molar-refractivity contribution is 9.10. The summed E-state index contributed by atoms with van der Waals surface area (Å²) in [5.41, 5.74) is 6.20. The van der Waals surface area contributed by atoms with E-state index in [1.54, 1.807) is 6.92 Å². The van der Waals surface area contributed by atoms with Crippen LogP contribution in [0.3, 0.4) is 0 Å². The number of hydrogen-bond acceptors (Lipinski definition) is 3. The molecule has 0 aliphatic heterocycles. The first kappa shape index (κ1) is 16.7. The lowest BCUT2D eigenvalue weighted by molar-refractivity contribution is -0.124. The maximum atomic E-state index is 11.9. The summed E-state index contributed by atoms with van der Waals surface area (Å²) in [7, 11) is 0. The zero-order chi connectivity index (χ0) is 15.3. The van der Waals surface area contributed by atoms with Crippen molar-refractivity contribution >= 4 is 33.4 Å². The number of carbonyl (C=O) groups is 2. The molecule has 20 heavy (non-hydrogen) atoms. The third-order valence-corrected chi connectivity index (χ3v) is 4.22. The fraction of sp³-hybridized carbons (Fsp3) is 0.429. The summed E-state index contributed by atoms with van der Waals surface area (Å²) >= 11 is 3.40. The molecular weight excluding hydrogens is 322 g/mol. The number of hydrogen-bond donors (Lipinski definition) is 3. The molecule has 0 aliphatic rings. The van der Waals surface area contributed by atoms with Gasteiger partial charge in [-0.15, -0.1) is 0 Å². The smallest absolute Gasteiger partial charge is 0.238 e. The monoisotopic (exact) mass is 341 g/mol. The van der Waals surface area contributed by atoms with Crippen molar-refractivity contribution in [3.05, 3.63) is 28.2 Å². The predicted molar refractivity (Wildman–Crippen MR) is 83.4 cm³/mol. The molecule has 0 aromatic heterocycles. The minimum Gasteiger partial charge on any atom is -0.368 e. The Hall–Kier alpha value is -1.40. The van der Waals surface area contributed by atoms with Gasteiger partial charge in [0.15, 0.2) is 0 Å². The van der Waals surface area contributed by atoms with Gasteiger partial charge in [0.1, 0.15) is 0 Å². The van der Waals surface area contributed by atoms with E-state index in [0.29, 0.717) is 6.42 Å². The van der Waals surface area contributed by atoms with E-state index in [4.69, 9.17) is 5.73 Å². The van der Waals surface area contributed by atoms with E-state index in [9.17, 15) is 9.59 Å². The number of nitrogens with two attached hydrogens (primary N) is 1. The molecule has 1 atom stereocenters. The minimum absolute atomic E-state index is 0.0302. The van der Waals surface area contributed by atoms with Crippen LogP contribution in [0.2, 0.25) is 0 Å². The predicted octanol–water partition coefficient (Wildman–Crippen LogP) is 1.94. The molecule has 0 bridgehead atoms. The molecular formula is C14H20BrN3O2. The van der Waals surface area contributed by atoms with Gasteiger partial charge in [0, 0.05) is 10.2 Å². The zero-order valence-corrected chi connectivity index (χ0v) is 13.5.